The lowest BCUT2D eigenvalue weighted by molar-refractivity contribution is -0.122. The largest absolute Gasteiger partial charge is 0.354 e. The third-order valence-electron chi connectivity index (χ3n) is 7.22. The van der Waals surface area contributed by atoms with Crippen LogP contribution in [0.2, 0.25) is 0 Å². The first-order valence-corrected chi connectivity index (χ1v) is 12.1. The summed E-state index contributed by atoms with van der Waals surface area (Å²) < 4.78 is 0. The molecule has 2 atom stereocenters. The van der Waals surface area contributed by atoms with Crippen LogP contribution in [-0.2, 0) is 10.2 Å². The molecular weight excluding hydrogens is 453 g/mol. The Morgan fingerprint density at radius 3 is 2.21 bits per heavy atom. The van der Waals surface area contributed by atoms with Gasteiger partial charge in [-0.05, 0) is 61.9 Å². The number of carbonyl (C=O) groups excluding carboxylic acids is 1. The highest BCUT2D eigenvalue weighted by atomic mass is 35.5. The van der Waals surface area contributed by atoms with Gasteiger partial charge in [-0.15, -0.1) is 24.8 Å². The second-order valence-corrected chi connectivity index (χ2v) is 8.88. The number of halogens is 2. The van der Waals surface area contributed by atoms with Gasteiger partial charge in [0.25, 0.3) is 0 Å². The molecule has 2 aromatic rings. The minimum absolute atomic E-state index is 0. The number of amides is 1. The van der Waals surface area contributed by atoms with Gasteiger partial charge in [-0.1, -0.05) is 83.5 Å². The number of carbonyl (C=O) groups is 1. The van der Waals surface area contributed by atoms with E-state index in [1.54, 1.807) is 0 Å². The van der Waals surface area contributed by atoms with Crippen molar-refractivity contribution in [3.63, 3.8) is 0 Å². The Labute approximate surface area is 214 Å². The Bertz CT molecular complexity index is 823. The van der Waals surface area contributed by atoms with Crippen LogP contribution in [0.1, 0.15) is 53.0 Å². The molecule has 4 nitrogen and oxygen atoms in total. The maximum Gasteiger partial charge on any atom is 0.234 e. The van der Waals surface area contributed by atoms with Crippen molar-refractivity contribution < 1.29 is 4.79 Å². The zero-order valence-electron chi connectivity index (χ0n) is 21.4. The summed E-state index contributed by atoms with van der Waals surface area (Å²) in [5.41, 5.74) is 1.26. The number of nitrogens with one attached hydrogen (secondary N) is 1. The van der Waals surface area contributed by atoms with Crippen LogP contribution in [0.4, 0.5) is 0 Å². The van der Waals surface area contributed by atoms with E-state index in [0.29, 0.717) is 19.0 Å². The topological polar surface area (TPSA) is 35.6 Å². The fraction of sp³-hybridized carbons (Fsp3) is 0.593. The number of likely N-dealkylation sites (N-methyl/N-ethyl adjacent to an activating group) is 1. The van der Waals surface area contributed by atoms with Crippen molar-refractivity contribution >= 4 is 41.5 Å². The van der Waals surface area contributed by atoms with E-state index in [4.69, 9.17) is 0 Å². The van der Waals surface area contributed by atoms with Gasteiger partial charge in [0.05, 0.1) is 6.54 Å². The first kappa shape index (κ1) is 31.7. The van der Waals surface area contributed by atoms with Gasteiger partial charge in [-0.2, -0.15) is 0 Å². The summed E-state index contributed by atoms with van der Waals surface area (Å²) >= 11 is 0. The zero-order valence-corrected chi connectivity index (χ0v) is 23.0. The van der Waals surface area contributed by atoms with Crippen LogP contribution in [-0.4, -0.2) is 62.0 Å². The van der Waals surface area contributed by atoms with Gasteiger partial charge >= 0.3 is 0 Å². The average Bonchev–Trinajstić information content (AvgIpc) is 2.81. The monoisotopic (exact) mass is 497 g/mol. The number of nitrogens with zero attached hydrogens (tertiary/aromatic N) is 2. The molecule has 0 aliphatic carbocycles. The second kappa shape index (κ2) is 15.5. The first-order chi connectivity index (χ1) is 14.9. The Hall–Kier alpha value is -1.33. The summed E-state index contributed by atoms with van der Waals surface area (Å²) in [6, 6.07) is 15.3. The first-order valence-electron chi connectivity index (χ1n) is 12.1. The highest BCUT2D eigenvalue weighted by Crippen LogP contribution is 2.41. The zero-order chi connectivity index (χ0) is 22.9. The normalized spacial score (nSPS) is 13.8. The lowest BCUT2D eigenvalue weighted by Crippen LogP contribution is -2.49. The van der Waals surface area contributed by atoms with Gasteiger partial charge < -0.3 is 10.2 Å². The molecule has 0 aliphatic rings. The molecule has 6 heteroatoms. The molecule has 0 aromatic heterocycles. The van der Waals surface area contributed by atoms with E-state index in [9.17, 15) is 4.79 Å². The van der Waals surface area contributed by atoms with Gasteiger partial charge in [0.1, 0.15) is 0 Å². The summed E-state index contributed by atoms with van der Waals surface area (Å²) in [6.45, 7) is 16.0. The lowest BCUT2D eigenvalue weighted by atomic mass is 9.66. The molecule has 0 spiro atoms. The number of hydrogen-bond donors (Lipinski definition) is 1. The Morgan fingerprint density at radius 2 is 1.61 bits per heavy atom. The molecule has 2 rings (SSSR count). The summed E-state index contributed by atoms with van der Waals surface area (Å²) in [7, 11) is 2.18. The fourth-order valence-electron chi connectivity index (χ4n) is 4.57. The van der Waals surface area contributed by atoms with Crippen LogP contribution >= 0.6 is 24.8 Å². The van der Waals surface area contributed by atoms with Gasteiger partial charge in [0.15, 0.2) is 0 Å². The molecule has 0 saturated carbocycles. The predicted molar refractivity (Wildman–Crippen MR) is 148 cm³/mol. The fourth-order valence-corrected chi connectivity index (χ4v) is 4.57. The molecule has 0 aliphatic heterocycles. The van der Waals surface area contributed by atoms with E-state index >= 15 is 0 Å². The quantitative estimate of drug-likeness (QED) is 0.381. The van der Waals surface area contributed by atoms with E-state index in [-0.39, 0.29) is 36.1 Å². The van der Waals surface area contributed by atoms with Crippen molar-refractivity contribution in [2.75, 3.05) is 46.3 Å². The van der Waals surface area contributed by atoms with Crippen LogP contribution in [0, 0.1) is 5.92 Å². The van der Waals surface area contributed by atoms with Crippen LogP contribution in [0.25, 0.3) is 10.8 Å². The molecule has 0 radical (unpaired) electrons. The Balaban J connectivity index is 0.00000512. The number of benzene rings is 2. The molecule has 33 heavy (non-hydrogen) atoms. The standard InChI is InChI=1S/C27H43N3O.2ClH/c1-7-22(5)27(18-19-29(6)8-2,21-28-26(31)20-30(9-3)10-4)25-17-13-15-23-14-11-12-16-24(23)25;;/h11-17,22H,7-10,18-21H2,1-6H3,(H,28,31);2*1H. The van der Waals surface area contributed by atoms with Gasteiger partial charge in [-0.3, -0.25) is 9.69 Å². The van der Waals surface area contributed by atoms with E-state index in [0.717, 1.165) is 39.0 Å². The summed E-state index contributed by atoms with van der Waals surface area (Å²) in [4.78, 5) is 17.4. The average molecular weight is 499 g/mol. The summed E-state index contributed by atoms with van der Waals surface area (Å²) in [5.74, 6) is 0.567. The number of rotatable bonds is 13. The highest BCUT2D eigenvalue weighted by Gasteiger charge is 2.38. The molecule has 0 saturated heterocycles. The molecule has 0 fully saturated rings. The third-order valence-corrected chi connectivity index (χ3v) is 7.22. The van der Waals surface area contributed by atoms with Crippen LogP contribution in [0.3, 0.4) is 0 Å². The number of hydrogen-bond acceptors (Lipinski definition) is 3. The Kier molecular flexibility index (Phi) is 14.9. The number of fused-ring (bicyclic) bond motifs is 1. The van der Waals surface area contributed by atoms with Crippen molar-refractivity contribution in [2.45, 2.75) is 52.9 Å². The van der Waals surface area contributed by atoms with Crippen molar-refractivity contribution in [3.05, 3.63) is 48.0 Å². The lowest BCUT2D eigenvalue weighted by Gasteiger charge is -2.42. The Morgan fingerprint density at radius 1 is 0.970 bits per heavy atom. The van der Waals surface area contributed by atoms with Crippen molar-refractivity contribution in [2.24, 2.45) is 5.92 Å². The molecule has 1 amide bonds. The third kappa shape index (κ3) is 8.13. The van der Waals surface area contributed by atoms with Crippen molar-refractivity contribution in [1.29, 1.82) is 0 Å². The molecule has 0 bridgehead atoms. The molecule has 1 N–H and O–H groups in total. The van der Waals surface area contributed by atoms with Crippen LogP contribution < -0.4 is 5.32 Å². The SMILES string of the molecule is CCC(C)C(CCN(C)CC)(CNC(=O)CN(CC)CC)c1cccc2ccccc12.Cl.Cl. The van der Waals surface area contributed by atoms with E-state index in [2.05, 4.69) is 99.2 Å². The van der Waals surface area contributed by atoms with Gasteiger partial charge in [0, 0.05) is 12.0 Å². The minimum Gasteiger partial charge on any atom is -0.354 e. The predicted octanol–water partition coefficient (Wildman–Crippen LogP) is 5.77. The van der Waals surface area contributed by atoms with Gasteiger partial charge in [-0.25, -0.2) is 0 Å². The van der Waals surface area contributed by atoms with Crippen LogP contribution in [0.5, 0.6) is 0 Å². The molecular formula is C27H45Cl2N3O. The maximum absolute atomic E-state index is 12.9. The van der Waals surface area contributed by atoms with E-state index < -0.39 is 0 Å². The summed E-state index contributed by atoms with van der Waals surface area (Å²) in [5, 5.41) is 5.92. The minimum atomic E-state index is -0.113. The molecule has 188 valence electrons. The summed E-state index contributed by atoms with van der Waals surface area (Å²) in [6.07, 6.45) is 2.09. The smallest absolute Gasteiger partial charge is 0.234 e. The van der Waals surface area contributed by atoms with Crippen molar-refractivity contribution in [3.8, 4) is 0 Å². The van der Waals surface area contributed by atoms with E-state index in [1.807, 2.05) is 0 Å². The van der Waals surface area contributed by atoms with Crippen molar-refractivity contribution in [1.82, 2.24) is 15.1 Å². The maximum atomic E-state index is 12.9. The second-order valence-electron chi connectivity index (χ2n) is 8.88. The van der Waals surface area contributed by atoms with Crippen LogP contribution in [0.15, 0.2) is 42.5 Å². The molecule has 0 heterocycles. The van der Waals surface area contributed by atoms with Gasteiger partial charge in [0.2, 0.25) is 5.91 Å². The molecule has 2 unspecified atom stereocenters. The van der Waals surface area contributed by atoms with E-state index in [1.165, 1.54) is 16.3 Å². The molecule has 2 aromatic carbocycles. The highest BCUT2D eigenvalue weighted by molar-refractivity contribution is 5.87.